The average Bonchev–Trinajstić information content (AvgIpc) is 1.87. The number of hydrogen-bond acceptors (Lipinski definition) is 2. The minimum Gasteiger partial charge on any atom is -0.370 e. The number of nitrogens with one attached hydrogen (secondary N) is 1. The van der Waals surface area contributed by atoms with E-state index in [0.717, 1.165) is 0 Å². The van der Waals surface area contributed by atoms with E-state index >= 15 is 0 Å². The molecule has 1 nitrogen and oxygen atoms in total. The number of hydrogen-bond donors (Lipinski definition) is 1. The number of alkyl halides is 1. The summed E-state index contributed by atoms with van der Waals surface area (Å²) in [7, 11) is 0. The van der Waals surface area contributed by atoms with Crippen molar-refractivity contribution in [1.82, 2.24) is 5.32 Å². The molecule has 1 heterocycles. The Morgan fingerprint density at radius 2 is 2.71 bits per heavy atom. The smallest absolute Gasteiger partial charge is 0.133 e. The topological polar surface area (TPSA) is 12.0 Å². The molecule has 40 valence electrons. The van der Waals surface area contributed by atoms with Crippen molar-refractivity contribution in [3.63, 3.8) is 0 Å². The lowest BCUT2D eigenvalue weighted by Gasteiger charge is -1.95. The molecule has 1 aliphatic rings. The minimum atomic E-state index is 0.410. The summed E-state index contributed by atoms with van der Waals surface area (Å²) in [4.78, 5) is 1.34. The van der Waals surface area contributed by atoms with Crippen molar-refractivity contribution in [3.05, 3.63) is 11.1 Å². The van der Waals surface area contributed by atoms with Crippen LogP contribution in [0.1, 0.15) is 6.92 Å². The molecule has 0 saturated heterocycles. The summed E-state index contributed by atoms with van der Waals surface area (Å²) in [5, 5.41) is 3.09. The van der Waals surface area contributed by atoms with E-state index in [1.807, 2.05) is 6.20 Å². The Labute approximate surface area is 55.7 Å². The lowest BCUT2D eigenvalue weighted by molar-refractivity contribution is 1.04. The van der Waals surface area contributed by atoms with Gasteiger partial charge in [0.25, 0.3) is 0 Å². The van der Waals surface area contributed by atoms with Crippen LogP contribution in [-0.2, 0) is 0 Å². The van der Waals surface area contributed by atoms with Gasteiger partial charge in [0.05, 0.1) is 0 Å². The fraction of sp³-hybridized carbons (Fsp3) is 0.500. The highest BCUT2D eigenvalue weighted by atomic mass is 79.9. The molecule has 0 aromatic rings. The van der Waals surface area contributed by atoms with Gasteiger partial charge in [-0.25, -0.2) is 0 Å². The molecule has 1 rings (SSSR count). The van der Waals surface area contributed by atoms with Crippen LogP contribution < -0.4 is 5.32 Å². The molecular weight excluding hydrogens is 174 g/mol. The third kappa shape index (κ3) is 1.39. The molecule has 0 amide bonds. The van der Waals surface area contributed by atoms with Gasteiger partial charge in [-0.3, -0.25) is 0 Å². The first kappa shape index (κ1) is 5.51. The maximum atomic E-state index is 3.38. The van der Waals surface area contributed by atoms with Crippen LogP contribution in [0, 0.1) is 0 Å². The van der Waals surface area contributed by atoms with Gasteiger partial charge in [-0.15, -0.1) is 0 Å². The molecule has 0 fully saturated rings. The largest absolute Gasteiger partial charge is 0.370 e. The number of halogens is 1. The number of rotatable bonds is 0. The minimum absolute atomic E-state index is 0.410. The van der Waals surface area contributed by atoms with Gasteiger partial charge in [0, 0.05) is 11.1 Å². The highest BCUT2D eigenvalue weighted by Crippen LogP contribution is 2.27. The SMILES string of the molecule is CC1=CNC(Br)S1. The summed E-state index contributed by atoms with van der Waals surface area (Å²) in [6, 6.07) is 0. The summed E-state index contributed by atoms with van der Waals surface area (Å²) >= 11 is 5.17. The van der Waals surface area contributed by atoms with Gasteiger partial charge in [-0.1, -0.05) is 27.7 Å². The Bertz CT molecular complexity index is 102. The summed E-state index contributed by atoms with van der Waals surface area (Å²) in [6.45, 7) is 2.08. The Morgan fingerprint density at radius 1 is 2.00 bits per heavy atom. The fourth-order valence-corrected chi connectivity index (χ4v) is 2.03. The fourth-order valence-electron chi connectivity index (χ4n) is 0.414. The standard InChI is InChI=1S/C4H6BrNS/c1-3-2-6-4(5)7-3/h2,4,6H,1H3. The van der Waals surface area contributed by atoms with Crippen molar-refractivity contribution in [2.45, 2.75) is 11.2 Å². The first-order valence-electron chi connectivity index (χ1n) is 2.02. The lowest BCUT2D eigenvalue weighted by Crippen LogP contribution is -2.05. The molecule has 7 heavy (non-hydrogen) atoms. The van der Waals surface area contributed by atoms with Crippen molar-refractivity contribution >= 4 is 27.7 Å². The second-order valence-corrected chi connectivity index (χ2v) is 4.23. The first-order valence-corrected chi connectivity index (χ1v) is 3.82. The Morgan fingerprint density at radius 3 is 2.86 bits per heavy atom. The molecule has 0 saturated carbocycles. The zero-order valence-corrected chi connectivity index (χ0v) is 6.34. The van der Waals surface area contributed by atoms with Crippen molar-refractivity contribution in [2.24, 2.45) is 0 Å². The highest BCUT2D eigenvalue weighted by Gasteiger charge is 2.07. The highest BCUT2D eigenvalue weighted by molar-refractivity contribution is 9.11. The Kier molecular flexibility index (Phi) is 1.65. The number of allylic oxidation sites excluding steroid dienone is 1. The molecule has 0 radical (unpaired) electrons. The van der Waals surface area contributed by atoms with Gasteiger partial charge in [-0.2, -0.15) is 0 Å². The maximum Gasteiger partial charge on any atom is 0.133 e. The van der Waals surface area contributed by atoms with E-state index in [2.05, 4.69) is 28.2 Å². The molecule has 0 aromatic heterocycles. The van der Waals surface area contributed by atoms with Crippen LogP contribution >= 0.6 is 27.7 Å². The van der Waals surface area contributed by atoms with Crippen molar-refractivity contribution < 1.29 is 0 Å². The second kappa shape index (κ2) is 2.09. The summed E-state index contributed by atoms with van der Waals surface area (Å²) in [5.41, 5.74) is 0. The normalized spacial score (nSPS) is 29.4. The van der Waals surface area contributed by atoms with Crippen LogP contribution in [0.5, 0.6) is 0 Å². The summed E-state index contributed by atoms with van der Waals surface area (Å²) in [5.74, 6) is 0. The predicted molar refractivity (Wildman–Crippen MR) is 37.2 cm³/mol. The van der Waals surface area contributed by atoms with E-state index in [4.69, 9.17) is 0 Å². The molecule has 0 bridgehead atoms. The second-order valence-electron chi connectivity index (χ2n) is 1.36. The zero-order chi connectivity index (χ0) is 5.28. The van der Waals surface area contributed by atoms with Gasteiger partial charge in [0.15, 0.2) is 0 Å². The van der Waals surface area contributed by atoms with E-state index < -0.39 is 0 Å². The Hall–Kier alpha value is 0.370. The van der Waals surface area contributed by atoms with E-state index in [1.165, 1.54) is 4.91 Å². The van der Waals surface area contributed by atoms with Crippen LogP contribution in [0.15, 0.2) is 11.1 Å². The van der Waals surface area contributed by atoms with Gasteiger partial charge in [0.1, 0.15) is 4.28 Å². The van der Waals surface area contributed by atoms with Crippen LogP contribution in [0.2, 0.25) is 0 Å². The molecular formula is C4H6BrNS. The maximum absolute atomic E-state index is 3.38. The molecule has 1 unspecified atom stereocenters. The van der Waals surface area contributed by atoms with Crippen molar-refractivity contribution in [3.8, 4) is 0 Å². The molecule has 0 spiro atoms. The van der Waals surface area contributed by atoms with Crippen molar-refractivity contribution in [2.75, 3.05) is 0 Å². The van der Waals surface area contributed by atoms with E-state index in [-0.39, 0.29) is 0 Å². The third-order valence-corrected chi connectivity index (χ3v) is 2.36. The summed E-state index contributed by atoms with van der Waals surface area (Å²) in [6.07, 6.45) is 2.00. The Balaban J connectivity index is 2.42. The molecule has 0 aromatic carbocycles. The molecule has 1 aliphatic heterocycles. The van der Waals surface area contributed by atoms with E-state index in [0.29, 0.717) is 4.28 Å². The molecule has 1 atom stereocenters. The van der Waals surface area contributed by atoms with Crippen LogP contribution in [0.25, 0.3) is 0 Å². The van der Waals surface area contributed by atoms with Crippen LogP contribution in [0.3, 0.4) is 0 Å². The van der Waals surface area contributed by atoms with Gasteiger partial charge in [-0.05, 0) is 6.92 Å². The van der Waals surface area contributed by atoms with E-state index in [1.54, 1.807) is 11.8 Å². The monoisotopic (exact) mass is 179 g/mol. The molecule has 0 aliphatic carbocycles. The quantitative estimate of drug-likeness (QED) is 0.451. The van der Waals surface area contributed by atoms with E-state index in [9.17, 15) is 0 Å². The third-order valence-electron chi connectivity index (χ3n) is 0.707. The lowest BCUT2D eigenvalue weighted by atomic mass is 10.7. The first-order chi connectivity index (χ1) is 3.29. The molecule has 1 N–H and O–H groups in total. The van der Waals surface area contributed by atoms with Crippen LogP contribution in [0.4, 0.5) is 0 Å². The predicted octanol–water partition coefficient (Wildman–Crippen LogP) is 1.86. The zero-order valence-electron chi connectivity index (χ0n) is 3.94. The molecule has 3 heteroatoms. The number of thioether (sulfide) groups is 1. The van der Waals surface area contributed by atoms with Crippen molar-refractivity contribution in [1.29, 1.82) is 0 Å². The van der Waals surface area contributed by atoms with Crippen LogP contribution in [-0.4, -0.2) is 4.28 Å². The van der Waals surface area contributed by atoms with Gasteiger partial charge in [0.2, 0.25) is 0 Å². The summed E-state index contributed by atoms with van der Waals surface area (Å²) < 4.78 is 0.410. The van der Waals surface area contributed by atoms with Gasteiger partial charge >= 0.3 is 0 Å². The van der Waals surface area contributed by atoms with Gasteiger partial charge < -0.3 is 5.32 Å². The average molecular weight is 180 g/mol.